The van der Waals surface area contributed by atoms with E-state index in [1.54, 1.807) is 31.2 Å². The summed E-state index contributed by atoms with van der Waals surface area (Å²) >= 11 is 12.4. The standard InChI is InChI=1S/C32H39Cl2N3O8S/c1-7-15-35-32(39)26(8-2)36(19-21-9-12-24(33)25(34)16-21)31(38)20-37(27-17-22(42-3)10-13-28(27)43-4)46(40,41)23-11-14-29(44-5)30(18-23)45-6/h9-14,16-18,26H,7-8,15,19-20H2,1-6H3,(H,35,39)/t26-/m0/s1. The summed E-state index contributed by atoms with van der Waals surface area (Å²) in [6, 6.07) is 12.7. The highest BCUT2D eigenvalue weighted by atomic mass is 35.5. The first-order valence-electron chi connectivity index (χ1n) is 14.4. The molecule has 0 aliphatic heterocycles. The Bertz CT molecular complexity index is 1640. The summed E-state index contributed by atoms with van der Waals surface area (Å²) in [5.41, 5.74) is 0.640. The molecule has 3 rings (SSSR count). The summed E-state index contributed by atoms with van der Waals surface area (Å²) in [5, 5.41) is 3.45. The lowest BCUT2D eigenvalue weighted by Gasteiger charge is -2.33. The Labute approximate surface area is 280 Å². The predicted molar refractivity (Wildman–Crippen MR) is 178 cm³/mol. The number of nitrogens with zero attached hydrogens (tertiary/aromatic N) is 2. The molecule has 3 aromatic carbocycles. The van der Waals surface area contributed by atoms with E-state index in [1.807, 2.05) is 6.92 Å². The van der Waals surface area contributed by atoms with E-state index >= 15 is 0 Å². The Morgan fingerprint density at radius 2 is 1.50 bits per heavy atom. The monoisotopic (exact) mass is 695 g/mol. The lowest BCUT2D eigenvalue weighted by molar-refractivity contribution is -0.140. The second-order valence-electron chi connectivity index (χ2n) is 10.1. The summed E-state index contributed by atoms with van der Waals surface area (Å²) in [6.45, 7) is 3.35. The van der Waals surface area contributed by atoms with Crippen LogP contribution in [0.25, 0.3) is 0 Å². The average molecular weight is 697 g/mol. The quantitative estimate of drug-likeness (QED) is 0.207. The number of carbonyl (C=O) groups is 2. The van der Waals surface area contributed by atoms with Crippen LogP contribution in [0.4, 0.5) is 5.69 Å². The third kappa shape index (κ3) is 8.48. The molecule has 0 aromatic heterocycles. The van der Waals surface area contributed by atoms with Crippen LogP contribution in [0.3, 0.4) is 0 Å². The van der Waals surface area contributed by atoms with Gasteiger partial charge in [0, 0.05) is 25.2 Å². The van der Waals surface area contributed by atoms with Gasteiger partial charge in [-0.3, -0.25) is 13.9 Å². The number of ether oxygens (including phenoxy) is 4. The van der Waals surface area contributed by atoms with Crippen molar-refractivity contribution in [2.45, 2.75) is 44.2 Å². The molecule has 1 N–H and O–H groups in total. The van der Waals surface area contributed by atoms with Crippen molar-refractivity contribution in [3.05, 3.63) is 70.2 Å². The van der Waals surface area contributed by atoms with E-state index < -0.39 is 28.5 Å². The van der Waals surface area contributed by atoms with E-state index in [2.05, 4.69) is 5.32 Å². The van der Waals surface area contributed by atoms with Gasteiger partial charge in [0.05, 0.1) is 49.1 Å². The van der Waals surface area contributed by atoms with E-state index in [0.717, 1.165) is 4.31 Å². The maximum absolute atomic E-state index is 14.4. The molecule has 11 nitrogen and oxygen atoms in total. The van der Waals surface area contributed by atoms with Crippen molar-refractivity contribution in [3.63, 3.8) is 0 Å². The number of amides is 2. The molecule has 2 amide bonds. The minimum absolute atomic E-state index is 0.0444. The Morgan fingerprint density at radius 1 is 0.826 bits per heavy atom. The second kappa shape index (κ2) is 16.6. The van der Waals surface area contributed by atoms with Crippen molar-refractivity contribution < 1.29 is 37.0 Å². The van der Waals surface area contributed by atoms with Crippen molar-refractivity contribution >= 4 is 50.7 Å². The highest BCUT2D eigenvalue weighted by molar-refractivity contribution is 7.92. The Hall–Kier alpha value is -3.87. The van der Waals surface area contributed by atoms with Gasteiger partial charge in [-0.25, -0.2) is 8.42 Å². The molecule has 14 heteroatoms. The maximum atomic E-state index is 14.4. The van der Waals surface area contributed by atoms with Crippen molar-refractivity contribution in [2.24, 2.45) is 0 Å². The number of hydrogen-bond acceptors (Lipinski definition) is 8. The van der Waals surface area contributed by atoms with Crippen LogP contribution in [0.15, 0.2) is 59.5 Å². The lowest BCUT2D eigenvalue weighted by atomic mass is 10.1. The molecular formula is C32H39Cl2N3O8S. The van der Waals surface area contributed by atoms with Crippen molar-refractivity contribution in [3.8, 4) is 23.0 Å². The third-order valence-corrected chi connectivity index (χ3v) is 9.64. The zero-order valence-electron chi connectivity index (χ0n) is 26.6. The van der Waals surface area contributed by atoms with Crippen molar-refractivity contribution in [1.29, 1.82) is 0 Å². The first-order valence-corrected chi connectivity index (χ1v) is 16.6. The Kier molecular flexibility index (Phi) is 13.2. The van der Waals surface area contributed by atoms with Crippen LogP contribution in [0.1, 0.15) is 32.3 Å². The fraction of sp³-hybridized carbons (Fsp3) is 0.375. The van der Waals surface area contributed by atoms with Crippen molar-refractivity contribution in [1.82, 2.24) is 10.2 Å². The van der Waals surface area contributed by atoms with Gasteiger partial charge in [0.2, 0.25) is 11.8 Å². The molecule has 0 fully saturated rings. The van der Waals surface area contributed by atoms with E-state index in [9.17, 15) is 18.0 Å². The zero-order chi connectivity index (χ0) is 34.0. The summed E-state index contributed by atoms with van der Waals surface area (Å²) < 4.78 is 51.3. The second-order valence-corrected chi connectivity index (χ2v) is 12.7. The van der Waals surface area contributed by atoms with Crippen LogP contribution >= 0.6 is 23.2 Å². The molecule has 0 spiro atoms. The molecule has 46 heavy (non-hydrogen) atoms. The fourth-order valence-electron chi connectivity index (χ4n) is 4.73. The number of halogens is 2. The largest absolute Gasteiger partial charge is 0.497 e. The van der Waals surface area contributed by atoms with Gasteiger partial charge < -0.3 is 29.2 Å². The third-order valence-electron chi connectivity index (χ3n) is 7.15. The molecule has 1 atom stereocenters. The lowest BCUT2D eigenvalue weighted by Crippen LogP contribution is -2.52. The molecule has 0 aliphatic rings. The van der Waals surface area contributed by atoms with Gasteiger partial charge >= 0.3 is 0 Å². The van der Waals surface area contributed by atoms with Gasteiger partial charge in [-0.05, 0) is 54.8 Å². The molecule has 0 heterocycles. The van der Waals surface area contributed by atoms with Crippen molar-refractivity contribution in [2.75, 3.05) is 45.8 Å². The number of rotatable bonds is 16. The molecule has 0 bridgehead atoms. The van der Waals surface area contributed by atoms with Crippen LogP contribution in [-0.4, -0.2) is 72.7 Å². The van der Waals surface area contributed by atoms with Gasteiger partial charge in [0.25, 0.3) is 10.0 Å². The summed E-state index contributed by atoms with van der Waals surface area (Å²) in [6.07, 6.45) is 0.948. The van der Waals surface area contributed by atoms with Crippen LogP contribution in [-0.2, 0) is 26.2 Å². The molecular weight excluding hydrogens is 657 g/mol. The molecule has 0 aliphatic carbocycles. The first kappa shape index (κ1) is 36.6. The number of nitrogens with one attached hydrogen (secondary N) is 1. The summed E-state index contributed by atoms with van der Waals surface area (Å²) in [7, 11) is 1.16. The number of carbonyl (C=O) groups excluding carboxylic acids is 2. The van der Waals surface area contributed by atoms with Gasteiger partial charge in [0.15, 0.2) is 11.5 Å². The topological polar surface area (TPSA) is 124 Å². The summed E-state index contributed by atoms with van der Waals surface area (Å²) in [4.78, 5) is 28.9. The van der Waals surface area contributed by atoms with Gasteiger partial charge in [-0.1, -0.05) is 43.1 Å². The number of benzene rings is 3. The van der Waals surface area contributed by atoms with Gasteiger partial charge in [-0.15, -0.1) is 0 Å². The zero-order valence-corrected chi connectivity index (χ0v) is 29.0. The SMILES string of the molecule is CCCNC(=O)[C@H](CC)N(Cc1ccc(Cl)c(Cl)c1)C(=O)CN(c1cc(OC)ccc1OC)S(=O)(=O)c1ccc(OC)c(OC)c1. The molecule has 0 saturated heterocycles. The molecule has 0 saturated carbocycles. The van der Waals surface area contributed by atoms with E-state index in [0.29, 0.717) is 35.1 Å². The first-order chi connectivity index (χ1) is 21.9. The van der Waals surface area contributed by atoms with Crippen LogP contribution < -0.4 is 28.6 Å². The average Bonchev–Trinajstić information content (AvgIpc) is 3.06. The number of sulfonamides is 1. The predicted octanol–water partition coefficient (Wildman–Crippen LogP) is 5.56. The number of hydrogen-bond donors (Lipinski definition) is 1. The minimum Gasteiger partial charge on any atom is -0.497 e. The molecule has 250 valence electrons. The Morgan fingerprint density at radius 3 is 2.09 bits per heavy atom. The van der Waals surface area contributed by atoms with E-state index in [1.165, 1.54) is 63.7 Å². The number of anilines is 1. The Balaban J connectivity index is 2.20. The molecule has 0 unspecified atom stereocenters. The maximum Gasteiger partial charge on any atom is 0.265 e. The minimum atomic E-state index is -4.47. The highest BCUT2D eigenvalue weighted by Gasteiger charge is 2.35. The van der Waals surface area contributed by atoms with Crippen LogP contribution in [0, 0.1) is 0 Å². The van der Waals surface area contributed by atoms with Crippen LogP contribution in [0.5, 0.6) is 23.0 Å². The van der Waals surface area contributed by atoms with E-state index in [-0.39, 0.29) is 46.0 Å². The van der Waals surface area contributed by atoms with Crippen LogP contribution in [0.2, 0.25) is 10.0 Å². The smallest absolute Gasteiger partial charge is 0.265 e. The summed E-state index contributed by atoms with van der Waals surface area (Å²) in [5.74, 6) is -0.0354. The fourth-order valence-corrected chi connectivity index (χ4v) is 6.48. The molecule has 3 aromatic rings. The van der Waals surface area contributed by atoms with E-state index in [4.69, 9.17) is 42.1 Å². The normalized spacial score (nSPS) is 11.7. The molecule has 0 radical (unpaired) electrons. The van der Waals surface area contributed by atoms with Gasteiger partial charge in [0.1, 0.15) is 24.1 Å². The van der Waals surface area contributed by atoms with Gasteiger partial charge in [-0.2, -0.15) is 0 Å². The highest BCUT2D eigenvalue weighted by Crippen LogP contribution is 2.38. The number of methoxy groups -OCH3 is 4.